The molecule has 2 saturated carbocycles. The third kappa shape index (κ3) is 2.76. The average molecular weight is 276 g/mol. The molecule has 1 heterocycles. The Labute approximate surface area is 121 Å². The van der Waals surface area contributed by atoms with Crippen LogP contribution in [-0.2, 0) is 5.54 Å². The third-order valence-corrected chi connectivity index (χ3v) is 5.51. The first kappa shape index (κ1) is 14.1. The standard InChI is InChI=1S/C16H28N4/c1-2-12-8-10-16(17,11-9-12)15-18-14(19-20-15)13-6-4-3-5-7-13/h12-13H,2-11,17H2,1H3,(H,18,19,20). The van der Waals surface area contributed by atoms with Crippen molar-refractivity contribution in [3.8, 4) is 0 Å². The summed E-state index contributed by atoms with van der Waals surface area (Å²) >= 11 is 0. The molecule has 0 amide bonds. The van der Waals surface area contributed by atoms with E-state index in [9.17, 15) is 0 Å². The summed E-state index contributed by atoms with van der Waals surface area (Å²) in [6, 6.07) is 0. The number of aromatic amines is 1. The van der Waals surface area contributed by atoms with Crippen LogP contribution in [0.1, 0.15) is 88.7 Å². The summed E-state index contributed by atoms with van der Waals surface area (Å²) in [4.78, 5) is 4.79. The molecule has 4 heteroatoms. The van der Waals surface area contributed by atoms with Crippen LogP contribution in [0.5, 0.6) is 0 Å². The van der Waals surface area contributed by atoms with Crippen LogP contribution in [0.25, 0.3) is 0 Å². The van der Waals surface area contributed by atoms with Crippen LogP contribution in [0.4, 0.5) is 0 Å². The fourth-order valence-electron chi connectivity index (χ4n) is 3.88. The summed E-state index contributed by atoms with van der Waals surface area (Å²) in [6.45, 7) is 2.28. The Bertz CT molecular complexity index is 425. The zero-order valence-corrected chi connectivity index (χ0v) is 12.7. The molecule has 2 aliphatic carbocycles. The van der Waals surface area contributed by atoms with Crippen LogP contribution >= 0.6 is 0 Å². The normalized spacial score (nSPS) is 32.4. The molecule has 0 saturated heterocycles. The van der Waals surface area contributed by atoms with Crippen molar-refractivity contribution in [2.75, 3.05) is 0 Å². The molecule has 2 aliphatic rings. The summed E-state index contributed by atoms with van der Waals surface area (Å²) < 4.78 is 0. The van der Waals surface area contributed by atoms with Crippen LogP contribution < -0.4 is 5.73 Å². The minimum Gasteiger partial charge on any atom is -0.319 e. The van der Waals surface area contributed by atoms with Gasteiger partial charge in [-0.1, -0.05) is 32.6 Å². The van der Waals surface area contributed by atoms with Gasteiger partial charge in [0.1, 0.15) is 5.82 Å². The second-order valence-electron chi connectivity index (χ2n) is 6.89. The smallest absolute Gasteiger partial charge is 0.170 e. The Morgan fingerprint density at radius 1 is 1.15 bits per heavy atom. The van der Waals surface area contributed by atoms with Crippen molar-refractivity contribution in [1.29, 1.82) is 0 Å². The minimum absolute atomic E-state index is 0.283. The van der Waals surface area contributed by atoms with Crippen molar-refractivity contribution >= 4 is 0 Å². The number of aromatic nitrogens is 3. The number of nitrogens with zero attached hydrogens (tertiary/aromatic N) is 2. The molecule has 1 aromatic heterocycles. The van der Waals surface area contributed by atoms with E-state index in [1.807, 2.05) is 0 Å². The summed E-state index contributed by atoms with van der Waals surface area (Å²) in [5, 5.41) is 7.66. The quantitative estimate of drug-likeness (QED) is 0.886. The monoisotopic (exact) mass is 276 g/mol. The highest BCUT2D eigenvalue weighted by atomic mass is 15.2. The van der Waals surface area contributed by atoms with Gasteiger partial charge in [0.05, 0.1) is 5.54 Å². The van der Waals surface area contributed by atoms with E-state index < -0.39 is 0 Å². The molecular formula is C16H28N4. The molecule has 1 aromatic rings. The number of hydrogen-bond donors (Lipinski definition) is 2. The SMILES string of the molecule is CCC1CCC(N)(c2n[nH]c(C3CCCCC3)n2)CC1. The Kier molecular flexibility index (Phi) is 4.11. The maximum Gasteiger partial charge on any atom is 0.170 e. The first-order valence-electron chi connectivity index (χ1n) is 8.43. The predicted octanol–water partition coefficient (Wildman–Crippen LogP) is 3.61. The maximum absolute atomic E-state index is 6.60. The highest BCUT2D eigenvalue weighted by Crippen LogP contribution is 2.38. The van der Waals surface area contributed by atoms with E-state index >= 15 is 0 Å². The molecule has 0 spiro atoms. The fourth-order valence-corrected chi connectivity index (χ4v) is 3.88. The lowest BCUT2D eigenvalue weighted by atomic mass is 9.76. The molecule has 0 atom stereocenters. The van der Waals surface area contributed by atoms with E-state index in [4.69, 9.17) is 10.7 Å². The number of H-pyrrole nitrogens is 1. The predicted molar refractivity (Wildman–Crippen MR) is 80.3 cm³/mol. The van der Waals surface area contributed by atoms with Gasteiger partial charge in [-0.3, -0.25) is 5.10 Å². The Balaban J connectivity index is 1.69. The van der Waals surface area contributed by atoms with E-state index in [0.29, 0.717) is 5.92 Å². The van der Waals surface area contributed by atoms with Gasteiger partial charge in [-0.05, 0) is 44.4 Å². The van der Waals surface area contributed by atoms with Crippen molar-refractivity contribution < 1.29 is 0 Å². The van der Waals surface area contributed by atoms with Crippen LogP contribution in [0.3, 0.4) is 0 Å². The second-order valence-corrected chi connectivity index (χ2v) is 6.89. The molecule has 4 nitrogen and oxygen atoms in total. The number of hydrogen-bond acceptors (Lipinski definition) is 3. The van der Waals surface area contributed by atoms with Crippen LogP contribution in [0.15, 0.2) is 0 Å². The number of nitrogens with one attached hydrogen (secondary N) is 1. The molecule has 0 aliphatic heterocycles. The lowest BCUT2D eigenvalue weighted by Gasteiger charge is -2.34. The van der Waals surface area contributed by atoms with Crippen molar-refractivity contribution in [2.45, 2.75) is 82.6 Å². The van der Waals surface area contributed by atoms with Gasteiger partial charge < -0.3 is 5.73 Å². The summed E-state index contributed by atoms with van der Waals surface area (Å²) in [7, 11) is 0. The first-order valence-corrected chi connectivity index (χ1v) is 8.43. The van der Waals surface area contributed by atoms with E-state index in [1.165, 1.54) is 51.4 Å². The minimum atomic E-state index is -0.283. The van der Waals surface area contributed by atoms with Crippen molar-refractivity contribution in [1.82, 2.24) is 15.2 Å². The summed E-state index contributed by atoms with van der Waals surface area (Å²) in [5.74, 6) is 3.39. The third-order valence-electron chi connectivity index (χ3n) is 5.51. The molecule has 0 unspecified atom stereocenters. The van der Waals surface area contributed by atoms with E-state index in [1.54, 1.807) is 0 Å². The average Bonchev–Trinajstić information content (AvgIpc) is 3.00. The molecule has 3 N–H and O–H groups in total. The fraction of sp³-hybridized carbons (Fsp3) is 0.875. The topological polar surface area (TPSA) is 67.6 Å². The summed E-state index contributed by atoms with van der Waals surface area (Å²) in [6.07, 6.45) is 12.3. The van der Waals surface area contributed by atoms with Gasteiger partial charge in [0.25, 0.3) is 0 Å². The van der Waals surface area contributed by atoms with Gasteiger partial charge in [-0.25, -0.2) is 4.98 Å². The van der Waals surface area contributed by atoms with Gasteiger partial charge in [-0.2, -0.15) is 5.10 Å². The molecule has 0 aromatic carbocycles. The Morgan fingerprint density at radius 2 is 1.85 bits per heavy atom. The molecule has 2 fully saturated rings. The van der Waals surface area contributed by atoms with Gasteiger partial charge >= 0.3 is 0 Å². The molecule has 0 bridgehead atoms. The zero-order chi connectivity index (χ0) is 14.0. The largest absolute Gasteiger partial charge is 0.319 e. The lowest BCUT2D eigenvalue weighted by Crippen LogP contribution is -2.41. The molecular weight excluding hydrogens is 248 g/mol. The van der Waals surface area contributed by atoms with Gasteiger partial charge in [0, 0.05) is 5.92 Å². The number of rotatable bonds is 3. The second kappa shape index (κ2) is 5.84. The highest BCUT2D eigenvalue weighted by Gasteiger charge is 2.36. The number of nitrogens with two attached hydrogens (primary N) is 1. The highest BCUT2D eigenvalue weighted by molar-refractivity contribution is 5.09. The van der Waals surface area contributed by atoms with E-state index in [2.05, 4.69) is 17.1 Å². The van der Waals surface area contributed by atoms with Gasteiger partial charge in [-0.15, -0.1) is 0 Å². The maximum atomic E-state index is 6.60. The van der Waals surface area contributed by atoms with Crippen molar-refractivity contribution in [3.63, 3.8) is 0 Å². The van der Waals surface area contributed by atoms with Crippen LogP contribution in [-0.4, -0.2) is 15.2 Å². The van der Waals surface area contributed by atoms with E-state index in [0.717, 1.165) is 30.4 Å². The lowest BCUT2D eigenvalue weighted by molar-refractivity contribution is 0.222. The Hall–Kier alpha value is -0.900. The first-order chi connectivity index (χ1) is 9.71. The molecule has 20 heavy (non-hydrogen) atoms. The van der Waals surface area contributed by atoms with E-state index in [-0.39, 0.29) is 5.54 Å². The molecule has 3 rings (SSSR count). The van der Waals surface area contributed by atoms with Gasteiger partial charge in [0.15, 0.2) is 5.82 Å². The van der Waals surface area contributed by atoms with Crippen molar-refractivity contribution in [2.24, 2.45) is 11.7 Å². The van der Waals surface area contributed by atoms with Crippen LogP contribution in [0, 0.1) is 5.92 Å². The molecule has 112 valence electrons. The van der Waals surface area contributed by atoms with Crippen LogP contribution in [0.2, 0.25) is 0 Å². The Morgan fingerprint density at radius 3 is 2.50 bits per heavy atom. The van der Waals surface area contributed by atoms with Gasteiger partial charge in [0.2, 0.25) is 0 Å². The molecule has 0 radical (unpaired) electrons. The summed E-state index contributed by atoms with van der Waals surface area (Å²) in [5.41, 5.74) is 6.31. The van der Waals surface area contributed by atoms with Crippen molar-refractivity contribution in [3.05, 3.63) is 11.6 Å². The zero-order valence-electron chi connectivity index (χ0n) is 12.7.